The molecule has 8 heteroatoms. The van der Waals surface area contributed by atoms with Crippen molar-refractivity contribution in [3.63, 3.8) is 0 Å². The van der Waals surface area contributed by atoms with Crippen LogP contribution >= 0.6 is 0 Å². The van der Waals surface area contributed by atoms with E-state index < -0.39 is 5.91 Å². The molecule has 0 spiro atoms. The molecule has 3 aromatic heterocycles. The Kier molecular flexibility index (Phi) is 4.13. The quantitative estimate of drug-likeness (QED) is 0.566. The molecule has 0 aliphatic carbocycles. The Labute approximate surface area is 154 Å². The van der Waals surface area contributed by atoms with E-state index in [9.17, 15) is 4.79 Å². The Balaban J connectivity index is 1.83. The van der Waals surface area contributed by atoms with E-state index >= 15 is 0 Å². The van der Waals surface area contributed by atoms with Crippen molar-refractivity contribution in [2.45, 2.75) is 0 Å². The van der Waals surface area contributed by atoms with Crippen LogP contribution < -0.4 is 15.8 Å². The molecule has 0 bridgehead atoms. The number of aromatic nitrogens is 4. The molecule has 0 radical (unpaired) electrons. The van der Waals surface area contributed by atoms with Crippen LogP contribution in [0.2, 0.25) is 0 Å². The molecule has 3 heterocycles. The summed E-state index contributed by atoms with van der Waals surface area (Å²) < 4.78 is 7.06. The zero-order valence-corrected chi connectivity index (χ0v) is 14.5. The number of amides is 1. The third-order valence-electron chi connectivity index (χ3n) is 4.06. The highest BCUT2D eigenvalue weighted by atomic mass is 16.5. The second-order valence-corrected chi connectivity index (χ2v) is 5.74. The van der Waals surface area contributed by atoms with E-state index in [4.69, 9.17) is 10.5 Å². The topological polar surface area (TPSA) is 107 Å². The Morgan fingerprint density at radius 1 is 1.15 bits per heavy atom. The number of ether oxygens (including phenoxy) is 1. The van der Waals surface area contributed by atoms with Gasteiger partial charge in [0.05, 0.1) is 18.4 Å². The van der Waals surface area contributed by atoms with Gasteiger partial charge in [-0.25, -0.2) is 15.0 Å². The van der Waals surface area contributed by atoms with Crippen LogP contribution in [0.1, 0.15) is 10.4 Å². The number of nitrogens with two attached hydrogens (primary N) is 1. The molecule has 4 rings (SSSR count). The number of methoxy groups -OCH3 is 1. The summed E-state index contributed by atoms with van der Waals surface area (Å²) in [5, 5.41) is 3.09. The second-order valence-electron chi connectivity index (χ2n) is 5.74. The van der Waals surface area contributed by atoms with Crippen molar-refractivity contribution in [2.75, 3.05) is 12.4 Å². The number of nitrogens with one attached hydrogen (secondary N) is 1. The van der Waals surface area contributed by atoms with Crippen molar-refractivity contribution < 1.29 is 9.53 Å². The van der Waals surface area contributed by atoms with E-state index in [0.29, 0.717) is 23.1 Å². The second kappa shape index (κ2) is 6.75. The highest BCUT2D eigenvalue weighted by Gasteiger charge is 2.13. The summed E-state index contributed by atoms with van der Waals surface area (Å²) in [5.41, 5.74) is 7.99. The lowest BCUT2D eigenvalue weighted by atomic mass is 10.1. The normalized spacial score (nSPS) is 10.7. The Morgan fingerprint density at radius 3 is 2.85 bits per heavy atom. The summed E-state index contributed by atoms with van der Waals surface area (Å²) in [6.45, 7) is 0. The summed E-state index contributed by atoms with van der Waals surface area (Å²) in [7, 11) is 1.61. The highest BCUT2D eigenvalue weighted by Crippen LogP contribution is 2.26. The van der Waals surface area contributed by atoms with Crippen LogP contribution in [-0.2, 0) is 0 Å². The van der Waals surface area contributed by atoms with E-state index in [1.54, 1.807) is 42.2 Å². The van der Waals surface area contributed by atoms with Crippen molar-refractivity contribution >= 4 is 23.3 Å². The van der Waals surface area contributed by atoms with Crippen LogP contribution in [0.15, 0.2) is 61.1 Å². The maximum Gasteiger partial charge on any atom is 0.252 e. The van der Waals surface area contributed by atoms with Gasteiger partial charge in [-0.05, 0) is 24.3 Å². The minimum atomic E-state index is -0.573. The molecule has 0 fully saturated rings. The van der Waals surface area contributed by atoms with Gasteiger partial charge in [-0.15, -0.1) is 0 Å². The number of benzene rings is 1. The lowest BCUT2D eigenvalue weighted by molar-refractivity contribution is 0.100. The van der Waals surface area contributed by atoms with Gasteiger partial charge < -0.3 is 15.8 Å². The van der Waals surface area contributed by atoms with Crippen molar-refractivity contribution in [1.82, 2.24) is 19.4 Å². The molecule has 0 saturated heterocycles. The average molecular weight is 360 g/mol. The molecule has 27 heavy (non-hydrogen) atoms. The van der Waals surface area contributed by atoms with Crippen LogP contribution in [-0.4, -0.2) is 32.4 Å². The summed E-state index contributed by atoms with van der Waals surface area (Å²) in [6.07, 6.45) is 5.02. The molecule has 0 aliphatic heterocycles. The molecule has 1 amide bonds. The third kappa shape index (κ3) is 3.15. The number of pyridine rings is 1. The first kappa shape index (κ1) is 16.5. The number of carbonyl (C=O) groups is 1. The molecular formula is C19H16N6O2. The number of hydrogen-bond acceptors (Lipinski definition) is 6. The number of primary amides is 1. The zero-order chi connectivity index (χ0) is 18.8. The standard InChI is InChI=1S/C19H16N6O2/c1-27-13-5-2-4-12(10-13)15-11-16-21-8-9-25(16)19(23-15)24-18-14(17(20)26)6-3-7-22-18/h2-11H,1H3,(H2,20,26)(H,22,23,24). The zero-order valence-electron chi connectivity index (χ0n) is 14.5. The SMILES string of the molecule is COc1cccc(-c2cc3nccn3c(Nc3ncccc3C(N)=O)n2)c1. The number of rotatable bonds is 5. The van der Waals surface area contributed by atoms with Crippen LogP contribution in [0, 0.1) is 0 Å². The minimum Gasteiger partial charge on any atom is -0.497 e. The van der Waals surface area contributed by atoms with Crippen LogP contribution in [0.3, 0.4) is 0 Å². The fourth-order valence-corrected chi connectivity index (χ4v) is 2.75. The van der Waals surface area contributed by atoms with Gasteiger partial charge >= 0.3 is 0 Å². The fourth-order valence-electron chi connectivity index (χ4n) is 2.75. The predicted molar refractivity (Wildman–Crippen MR) is 101 cm³/mol. The van der Waals surface area contributed by atoms with Gasteiger partial charge in [-0.3, -0.25) is 9.20 Å². The van der Waals surface area contributed by atoms with Crippen LogP contribution in [0.25, 0.3) is 16.9 Å². The van der Waals surface area contributed by atoms with Gasteiger partial charge in [0.15, 0.2) is 0 Å². The van der Waals surface area contributed by atoms with Gasteiger partial charge in [0.2, 0.25) is 5.95 Å². The number of carbonyl (C=O) groups excluding carboxylic acids is 1. The van der Waals surface area contributed by atoms with Gasteiger partial charge in [-0.2, -0.15) is 0 Å². The maximum atomic E-state index is 11.7. The number of hydrogen-bond donors (Lipinski definition) is 2. The van der Waals surface area contributed by atoms with E-state index in [1.165, 1.54) is 0 Å². The van der Waals surface area contributed by atoms with Gasteiger partial charge in [0, 0.05) is 30.2 Å². The van der Waals surface area contributed by atoms with E-state index in [1.807, 2.05) is 30.3 Å². The number of anilines is 2. The number of fused-ring (bicyclic) bond motifs is 1. The van der Waals surface area contributed by atoms with Gasteiger partial charge in [0.1, 0.15) is 17.2 Å². The van der Waals surface area contributed by atoms with E-state index in [-0.39, 0.29) is 5.56 Å². The lowest BCUT2D eigenvalue weighted by Gasteiger charge is -2.12. The van der Waals surface area contributed by atoms with Gasteiger partial charge in [-0.1, -0.05) is 12.1 Å². The van der Waals surface area contributed by atoms with Crippen LogP contribution in [0.4, 0.5) is 11.8 Å². The van der Waals surface area contributed by atoms with E-state index in [0.717, 1.165) is 11.3 Å². The Hall–Kier alpha value is -3.94. The summed E-state index contributed by atoms with van der Waals surface area (Å²) >= 11 is 0. The molecule has 0 atom stereocenters. The van der Waals surface area contributed by atoms with Crippen LogP contribution in [0.5, 0.6) is 5.75 Å². The fraction of sp³-hybridized carbons (Fsp3) is 0.0526. The Bertz CT molecular complexity index is 1140. The summed E-state index contributed by atoms with van der Waals surface area (Å²) in [6, 6.07) is 12.7. The van der Waals surface area contributed by atoms with Crippen molar-refractivity contribution in [2.24, 2.45) is 5.73 Å². The first-order chi connectivity index (χ1) is 13.2. The molecule has 0 aliphatic rings. The first-order valence-corrected chi connectivity index (χ1v) is 8.16. The van der Waals surface area contributed by atoms with Crippen molar-refractivity contribution in [1.29, 1.82) is 0 Å². The molecule has 0 saturated carbocycles. The first-order valence-electron chi connectivity index (χ1n) is 8.16. The molecule has 134 valence electrons. The lowest BCUT2D eigenvalue weighted by Crippen LogP contribution is -2.15. The van der Waals surface area contributed by atoms with Crippen molar-refractivity contribution in [3.05, 3.63) is 66.6 Å². The molecule has 0 unspecified atom stereocenters. The summed E-state index contributed by atoms with van der Waals surface area (Å²) in [4.78, 5) is 24.9. The van der Waals surface area contributed by atoms with Gasteiger partial charge in [0.25, 0.3) is 5.91 Å². The third-order valence-corrected chi connectivity index (χ3v) is 4.06. The summed E-state index contributed by atoms with van der Waals surface area (Å²) in [5.74, 6) is 0.948. The predicted octanol–water partition coefficient (Wildman–Crippen LogP) is 2.64. The largest absolute Gasteiger partial charge is 0.497 e. The number of nitrogens with zero attached hydrogens (tertiary/aromatic N) is 4. The maximum absolute atomic E-state index is 11.7. The average Bonchev–Trinajstić information content (AvgIpc) is 3.17. The molecule has 3 N–H and O–H groups in total. The van der Waals surface area contributed by atoms with Crippen molar-refractivity contribution in [3.8, 4) is 17.0 Å². The molecule has 1 aromatic carbocycles. The number of imidazole rings is 1. The molecule has 8 nitrogen and oxygen atoms in total. The molecule has 4 aromatic rings. The highest BCUT2D eigenvalue weighted by molar-refractivity contribution is 5.98. The Morgan fingerprint density at radius 2 is 2.04 bits per heavy atom. The smallest absolute Gasteiger partial charge is 0.252 e. The van der Waals surface area contributed by atoms with E-state index in [2.05, 4.69) is 20.3 Å². The molecular weight excluding hydrogens is 344 g/mol. The minimum absolute atomic E-state index is 0.277. The monoisotopic (exact) mass is 360 g/mol.